The van der Waals surface area contributed by atoms with Gasteiger partial charge in [0.15, 0.2) is 0 Å². The summed E-state index contributed by atoms with van der Waals surface area (Å²) in [4.78, 5) is 0. The lowest BCUT2D eigenvalue weighted by Gasteiger charge is -2.16. The first-order valence-corrected chi connectivity index (χ1v) is 7.46. The molecule has 2 aromatic rings. The third kappa shape index (κ3) is 3.41. The summed E-state index contributed by atoms with van der Waals surface area (Å²) >= 11 is 6.17. The van der Waals surface area contributed by atoms with Gasteiger partial charge in [0.05, 0.1) is 6.04 Å². The third-order valence-corrected chi connectivity index (χ3v) is 4.04. The Morgan fingerprint density at radius 3 is 2.30 bits per heavy atom. The van der Waals surface area contributed by atoms with E-state index < -0.39 is 0 Å². The van der Waals surface area contributed by atoms with E-state index in [1.807, 2.05) is 25.1 Å². The SMILES string of the molecule is Cc1c(Cl)cccc1C(N)c1ccc(CC(C)C)cc1. The molecule has 1 atom stereocenters. The molecule has 106 valence electrons. The first kappa shape index (κ1) is 15.1. The van der Waals surface area contributed by atoms with Gasteiger partial charge < -0.3 is 5.73 Å². The number of rotatable bonds is 4. The molecule has 0 fully saturated rings. The number of halogens is 1. The van der Waals surface area contributed by atoms with Crippen molar-refractivity contribution < 1.29 is 0 Å². The average Bonchev–Trinajstić information content (AvgIpc) is 2.41. The van der Waals surface area contributed by atoms with Crippen LogP contribution in [0.5, 0.6) is 0 Å². The van der Waals surface area contributed by atoms with Gasteiger partial charge in [-0.15, -0.1) is 0 Å². The summed E-state index contributed by atoms with van der Waals surface area (Å²) in [6, 6.07) is 14.4. The molecule has 1 nitrogen and oxygen atoms in total. The lowest BCUT2D eigenvalue weighted by molar-refractivity contribution is 0.647. The predicted octanol–water partition coefficient (Wildman–Crippen LogP) is 4.90. The van der Waals surface area contributed by atoms with E-state index in [0.29, 0.717) is 5.92 Å². The fourth-order valence-electron chi connectivity index (χ4n) is 2.47. The highest BCUT2D eigenvalue weighted by atomic mass is 35.5. The van der Waals surface area contributed by atoms with Gasteiger partial charge in [0.25, 0.3) is 0 Å². The molecule has 2 rings (SSSR count). The van der Waals surface area contributed by atoms with Crippen molar-refractivity contribution in [3.8, 4) is 0 Å². The van der Waals surface area contributed by atoms with E-state index >= 15 is 0 Å². The number of hydrogen-bond acceptors (Lipinski definition) is 1. The van der Waals surface area contributed by atoms with E-state index in [4.69, 9.17) is 17.3 Å². The third-order valence-electron chi connectivity index (χ3n) is 3.63. The highest BCUT2D eigenvalue weighted by Gasteiger charge is 2.13. The van der Waals surface area contributed by atoms with Gasteiger partial charge in [-0.2, -0.15) is 0 Å². The van der Waals surface area contributed by atoms with Crippen molar-refractivity contribution in [2.75, 3.05) is 0 Å². The van der Waals surface area contributed by atoms with Crippen molar-refractivity contribution in [3.05, 3.63) is 69.7 Å². The largest absolute Gasteiger partial charge is 0.320 e. The minimum Gasteiger partial charge on any atom is -0.320 e. The fraction of sp³-hybridized carbons (Fsp3) is 0.333. The van der Waals surface area contributed by atoms with Crippen LogP contribution >= 0.6 is 11.6 Å². The topological polar surface area (TPSA) is 26.0 Å². The fourth-order valence-corrected chi connectivity index (χ4v) is 2.65. The van der Waals surface area contributed by atoms with E-state index in [-0.39, 0.29) is 6.04 Å². The Morgan fingerprint density at radius 2 is 1.70 bits per heavy atom. The Morgan fingerprint density at radius 1 is 1.05 bits per heavy atom. The van der Waals surface area contributed by atoms with E-state index in [2.05, 4.69) is 38.1 Å². The second kappa shape index (κ2) is 6.43. The maximum atomic E-state index is 6.38. The first-order valence-electron chi connectivity index (χ1n) is 7.08. The molecular formula is C18H22ClN. The van der Waals surface area contributed by atoms with Gasteiger partial charge in [0.1, 0.15) is 0 Å². The summed E-state index contributed by atoms with van der Waals surface area (Å²) in [6.07, 6.45) is 1.10. The van der Waals surface area contributed by atoms with Crippen LogP contribution in [0.25, 0.3) is 0 Å². The van der Waals surface area contributed by atoms with E-state index in [1.165, 1.54) is 5.56 Å². The molecule has 0 radical (unpaired) electrons. The van der Waals surface area contributed by atoms with Crippen molar-refractivity contribution in [2.24, 2.45) is 11.7 Å². The lowest BCUT2D eigenvalue weighted by atomic mass is 9.94. The van der Waals surface area contributed by atoms with Crippen LogP contribution in [0.1, 0.15) is 42.1 Å². The zero-order valence-corrected chi connectivity index (χ0v) is 13.1. The Balaban J connectivity index is 2.25. The van der Waals surface area contributed by atoms with Crippen LogP contribution in [0.4, 0.5) is 0 Å². The second-order valence-corrected chi connectivity index (χ2v) is 6.18. The summed E-state index contributed by atoms with van der Waals surface area (Å²) < 4.78 is 0. The zero-order chi connectivity index (χ0) is 14.7. The van der Waals surface area contributed by atoms with Crippen LogP contribution in [0.15, 0.2) is 42.5 Å². The maximum absolute atomic E-state index is 6.38. The molecule has 0 aliphatic rings. The van der Waals surface area contributed by atoms with E-state index in [9.17, 15) is 0 Å². The van der Waals surface area contributed by atoms with Gasteiger partial charge in [-0.1, -0.05) is 61.8 Å². The molecule has 2 aromatic carbocycles. The molecule has 0 aliphatic carbocycles. The summed E-state index contributed by atoms with van der Waals surface area (Å²) in [5.41, 5.74) is 11.0. The molecule has 0 aliphatic heterocycles. The van der Waals surface area contributed by atoms with Crippen molar-refractivity contribution in [1.29, 1.82) is 0 Å². The summed E-state index contributed by atoms with van der Waals surface area (Å²) in [7, 11) is 0. The van der Waals surface area contributed by atoms with Crippen LogP contribution in [0, 0.1) is 12.8 Å². The highest BCUT2D eigenvalue weighted by molar-refractivity contribution is 6.31. The Labute approximate surface area is 126 Å². The summed E-state index contributed by atoms with van der Waals surface area (Å²) in [5.74, 6) is 0.671. The van der Waals surface area contributed by atoms with Crippen LogP contribution in [0.2, 0.25) is 5.02 Å². The molecule has 2 N–H and O–H groups in total. The Kier molecular flexibility index (Phi) is 4.85. The normalized spacial score (nSPS) is 12.7. The van der Waals surface area contributed by atoms with Crippen molar-refractivity contribution in [1.82, 2.24) is 0 Å². The van der Waals surface area contributed by atoms with Crippen LogP contribution in [-0.4, -0.2) is 0 Å². The number of nitrogens with two attached hydrogens (primary N) is 1. The lowest BCUT2D eigenvalue weighted by Crippen LogP contribution is -2.13. The molecular weight excluding hydrogens is 266 g/mol. The van der Waals surface area contributed by atoms with Gasteiger partial charge in [-0.25, -0.2) is 0 Å². The number of hydrogen-bond donors (Lipinski definition) is 1. The van der Waals surface area contributed by atoms with Crippen molar-refractivity contribution >= 4 is 11.6 Å². The minimum absolute atomic E-state index is 0.123. The van der Waals surface area contributed by atoms with Crippen LogP contribution in [0.3, 0.4) is 0 Å². The molecule has 0 aromatic heterocycles. The molecule has 0 heterocycles. The molecule has 1 unspecified atom stereocenters. The Hall–Kier alpha value is -1.31. The van der Waals surface area contributed by atoms with Crippen molar-refractivity contribution in [3.63, 3.8) is 0 Å². The first-order chi connectivity index (χ1) is 9.49. The van der Waals surface area contributed by atoms with Crippen LogP contribution < -0.4 is 5.73 Å². The predicted molar refractivity (Wildman–Crippen MR) is 87.2 cm³/mol. The molecule has 0 saturated carbocycles. The minimum atomic E-state index is -0.123. The molecule has 20 heavy (non-hydrogen) atoms. The standard InChI is InChI=1S/C18H22ClN/c1-12(2)11-14-7-9-15(10-8-14)18(20)16-5-4-6-17(19)13(16)3/h4-10,12,18H,11,20H2,1-3H3. The zero-order valence-electron chi connectivity index (χ0n) is 12.4. The second-order valence-electron chi connectivity index (χ2n) is 5.77. The van der Waals surface area contributed by atoms with Gasteiger partial charge in [0.2, 0.25) is 0 Å². The molecule has 2 heteroatoms. The summed E-state index contributed by atoms with van der Waals surface area (Å²) in [5, 5.41) is 0.773. The van der Waals surface area contributed by atoms with E-state index in [0.717, 1.165) is 28.1 Å². The average molecular weight is 288 g/mol. The molecule has 0 saturated heterocycles. The van der Waals surface area contributed by atoms with Gasteiger partial charge in [-0.05, 0) is 47.6 Å². The Bertz CT molecular complexity index is 572. The van der Waals surface area contributed by atoms with E-state index in [1.54, 1.807) is 0 Å². The smallest absolute Gasteiger partial charge is 0.0554 e. The molecule has 0 bridgehead atoms. The van der Waals surface area contributed by atoms with Gasteiger partial charge >= 0.3 is 0 Å². The van der Waals surface area contributed by atoms with Gasteiger partial charge in [-0.3, -0.25) is 0 Å². The highest BCUT2D eigenvalue weighted by Crippen LogP contribution is 2.27. The molecule has 0 spiro atoms. The van der Waals surface area contributed by atoms with Crippen LogP contribution in [-0.2, 0) is 6.42 Å². The molecule has 0 amide bonds. The number of benzene rings is 2. The van der Waals surface area contributed by atoms with Crippen molar-refractivity contribution in [2.45, 2.75) is 33.2 Å². The van der Waals surface area contributed by atoms with Gasteiger partial charge in [0, 0.05) is 5.02 Å². The summed E-state index contributed by atoms with van der Waals surface area (Å²) in [6.45, 7) is 6.48. The monoisotopic (exact) mass is 287 g/mol. The quantitative estimate of drug-likeness (QED) is 0.851. The maximum Gasteiger partial charge on any atom is 0.0554 e.